The van der Waals surface area contributed by atoms with E-state index in [1.54, 1.807) is 18.2 Å². The highest BCUT2D eigenvalue weighted by atomic mass is 16.4. The smallest absolute Gasteiger partial charge is 0.303 e. The zero-order valence-corrected chi connectivity index (χ0v) is 16.0. The normalized spacial score (nSPS) is 11.9. The third-order valence-corrected chi connectivity index (χ3v) is 4.71. The van der Waals surface area contributed by atoms with Crippen LogP contribution in [0.1, 0.15) is 24.8 Å². The monoisotopic (exact) mass is 393 g/mol. The zero-order chi connectivity index (χ0) is 20.6. The minimum atomic E-state index is -0.897. The minimum absolute atomic E-state index is 0.0220. The van der Waals surface area contributed by atoms with Gasteiger partial charge in [0.15, 0.2) is 0 Å². The van der Waals surface area contributed by atoms with Gasteiger partial charge in [0.1, 0.15) is 0 Å². The van der Waals surface area contributed by atoms with Crippen molar-refractivity contribution in [2.45, 2.75) is 38.3 Å². The Bertz CT molecular complexity index is 1050. The molecule has 3 rings (SSSR count). The van der Waals surface area contributed by atoms with Crippen molar-refractivity contribution in [3.63, 3.8) is 0 Å². The summed E-state index contributed by atoms with van der Waals surface area (Å²) in [7, 11) is 0. The first kappa shape index (κ1) is 20.3. The van der Waals surface area contributed by atoms with Crippen LogP contribution in [-0.2, 0) is 22.6 Å². The Labute approximate surface area is 168 Å². The van der Waals surface area contributed by atoms with Crippen molar-refractivity contribution < 1.29 is 14.7 Å². The van der Waals surface area contributed by atoms with Gasteiger partial charge < -0.3 is 10.4 Å². The van der Waals surface area contributed by atoms with E-state index in [-0.39, 0.29) is 36.9 Å². The third-order valence-electron chi connectivity index (χ3n) is 4.71. The minimum Gasteiger partial charge on any atom is -0.481 e. The van der Waals surface area contributed by atoms with E-state index in [0.717, 1.165) is 5.56 Å². The zero-order valence-electron chi connectivity index (χ0n) is 16.0. The summed E-state index contributed by atoms with van der Waals surface area (Å²) in [5.74, 6) is -1.12. The van der Waals surface area contributed by atoms with Crippen LogP contribution in [0.2, 0.25) is 0 Å². The SMILES string of the molecule is O=C(O)CCC(Cc1ccccc1)NC(=O)CCn1cnc2ccccc2c1=O. The Balaban J connectivity index is 1.62. The molecule has 1 atom stereocenters. The van der Waals surface area contributed by atoms with Crippen LogP contribution >= 0.6 is 0 Å². The van der Waals surface area contributed by atoms with Gasteiger partial charge in [-0.1, -0.05) is 42.5 Å². The van der Waals surface area contributed by atoms with E-state index in [2.05, 4.69) is 10.3 Å². The van der Waals surface area contributed by atoms with Crippen molar-refractivity contribution in [3.8, 4) is 0 Å². The molecule has 7 heteroatoms. The fourth-order valence-electron chi connectivity index (χ4n) is 3.21. The molecule has 0 aliphatic rings. The number of carboxylic acids is 1. The van der Waals surface area contributed by atoms with Gasteiger partial charge in [0.2, 0.25) is 5.91 Å². The predicted molar refractivity (Wildman–Crippen MR) is 110 cm³/mol. The van der Waals surface area contributed by atoms with Gasteiger partial charge in [-0.25, -0.2) is 4.98 Å². The molecular formula is C22H23N3O4. The van der Waals surface area contributed by atoms with E-state index in [1.165, 1.54) is 10.9 Å². The number of para-hydroxylation sites is 1. The second-order valence-electron chi connectivity index (χ2n) is 6.90. The molecule has 1 unspecified atom stereocenters. The van der Waals surface area contributed by atoms with Crippen LogP contribution in [0.3, 0.4) is 0 Å². The first-order valence-corrected chi connectivity index (χ1v) is 9.52. The maximum Gasteiger partial charge on any atom is 0.303 e. The fraction of sp³-hybridized carbons (Fsp3) is 0.273. The lowest BCUT2D eigenvalue weighted by Crippen LogP contribution is -2.37. The van der Waals surface area contributed by atoms with Crippen molar-refractivity contribution >= 4 is 22.8 Å². The van der Waals surface area contributed by atoms with Gasteiger partial charge >= 0.3 is 5.97 Å². The molecule has 0 spiro atoms. The van der Waals surface area contributed by atoms with Crippen molar-refractivity contribution in [2.24, 2.45) is 0 Å². The summed E-state index contributed by atoms with van der Waals surface area (Å²) < 4.78 is 1.42. The van der Waals surface area contributed by atoms with E-state index in [0.29, 0.717) is 23.7 Å². The number of carboxylic acid groups (broad SMARTS) is 1. The number of carbonyl (C=O) groups excluding carboxylic acids is 1. The summed E-state index contributed by atoms with van der Waals surface area (Å²) in [6.07, 6.45) is 2.43. The highest BCUT2D eigenvalue weighted by molar-refractivity contribution is 5.77. The lowest BCUT2D eigenvalue weighted by molar-refractivity contribution is -0.137. The quantitative estimate of drug-likeness (QED) is 0.581. The Kier molecular flexibility index (Phi) is 6.73. The van der Waals surface area contributed by atoms with Crippen LogP contribution in [0.4, 0.5) is 0 Å². The molecule has 1 aromatic heterocycles. The van der Waals surface area contributed by atoms with Gasteiger partial charge in [0.05, 0.1) is 17.2 Å². The van der Waals surface area contributed by atoms with E-state index >= 15 is 0 Å². The fourth-order valence-corrected chi connectivity index (χ4v) is 3.21. The van der Waals surface area contributed by atoms with Gasteiger partial charge in [-0.3, -0.25) is 19.0 Å². The number of aromatic nitrogens is 2. The summed E-state index contributed by atoms with van der Waals surface area (Å²) in [6.45, 7) is 0.208. The second-order valence-corrected chi connectivity index (χ2v) is 6.90. The van der Waals surface area contributed by atoms with Crippen molar-refractivity contribution in [1.29, 1.82) is 0 Å². The van der Waals surface area contributed by atoms with E-state index in [1.807, 2.05) is 36.4 Å². The molecule has 150 valence electrons. The van der Waals surface area contributed by atoms with Crippen molar-refractivity contribution in [3.05, 3.63) is 76.8 Å². The third kappa shape index (κ3) is 5.75. The standard InChI is InChI=1S/C22H23N3O4/c26-20(12-13-25-15-23-19-9-5-4-8-18(19)22(25)29)24-17(10-11-21(27)28)14-16-6-2-1-3-7-16/h1-9,15,17H,10-14H2,(H,24,26)(H,27,28). The number of hydrogen-bond acceptors (Lipinski definition) is 4. The maximum absolute atomic E-state index is 12.5. The largest absolute Gasteiger partial charge is 0.481 e. The number of aliphatic carboxylic acids is 1. The number of hydrogen-bond donors (Lipinski definition) is 2. The summed E-state index contributed by atoms with van der Waals surface area (Å²) in [4.78, 5) is 40.1. The number of rotatable bonds is 9. The molecule has 1 amide bonds. The molecule has 0 saturated carbocycles. The lowest BCUT2D eigenvalue weighted by Gasteiger charge is -2.18. The van der Waals surface area contributed by atoms with Crippen LogP contribution in [0.5, 0.6) is 0 Å². The van der Waals surface area contributed by atoms with Gasteiger partial charge in [-0.05, 0) is 30.5 Å². The summed E-state index contributed by atoms with van der Waals surface area (Å²) in [6, 6.07) is 16.4. The summed E-state index contributed by atoms with van der Waals surface area (Å²) in [5.41, 5.74) is 1.46. The first-order valence-electron chi connectivity index (χ1n) is 9.52. The molecule has 0 bridgehead atoms. The van der Waals surface area contributed by atoms with Gasteiger partial charge in [-0.15, -0.1) is 0 Å². The van der Waals surface area contributed by atoms with Gasteiger partial charge in [0, 0.05) is 25.4 Å². The molecule has 0 aliphatic heterocycles. The first-order chi connectivity index (χ1) is 14.0. The molecule has 0 saturated heterocycles. The number of aryl methyl sites for hydroxylation is 1. The predicted octanol–water partition coefficient (Wildman–Crippen LogP) is 2.38. The molecule has 2 aromatic carbocycles. The second kappa shape index (κ2) is 9.64. The van der Waals surface area contributed by atoms with Crippen LogP contribution in [0.25, 0.3) is 10.9 Å². The molecule has 0 radical (unpaired) electrons. The Hall–Kier alpha value is -3.48. The molecule has 1 heterocycles. The molecule has 29 heavy (non-hydrogen) atoms. The highest BCUT2D eigenvalue weighted by Gasteiger charge is 2.15. The number of benzene rings is 2. The molecule has 0 aliphatic carbocycles. The Morgan fingerprint density at radius 2 is 1.76 bits per heavy atom. The molecule has 0 fully saturated rings. The van der Waals surface area contributed by atoms with Gasteiger partial charge in [-0.2, -0.15) is 0 Å². The van der Waals surface area contributed by atoms with Crippen LogP contribution in [-0.4, -0.2) is 32.6 Å². The molecular weight excluding hydrogens is 370 g/mol. The number of carbonyl (C=O) groups is 2. The average Bonchev–Trinajstić information content (AvgIpc) is 2.72. The maximum atomic E-state index is 12.5. The van der Waals surface area contributed by atoms with Crippen molar-refractivity contribution in [1.82, 2.24) is 14.9 Å². The topological polar surface area (TPSA) is 101 Å². The average molecular weight is 393 g/mol. The number of fused-ring (bicyclic) bond motifs is 1. The van der Waals surface area contributed by atoms with Crippen LogP contribution in [0, 0.1) is 0 Å². The van der Waals surface area contributed by atoms with E-state index in [9.17, 15) is 14.4 Å². The highest BCUT2D eigenvalue weighted by Crippen LogP contribution is 2.09. The van der Waals surface area contributed by atoms with Crippen LogP contribution in [0.15, 0.2) is 65.7 Å². The number of nitrogens with one attached hydrogen (secondary N) is 1. The lowest BCUT2D eigenvalue weighted by atomic mass is 10.0. The Morgan fingerprint density at radius 3 is 2.52 bits per heavy atom. The molecule has 7 nitrogen and oxygen atoms in total. The van der Waals surface area contributed by atoms with Crippen molar-refractivity contribution in [2.75, 3.05) is 0 Å². The van der Waals surface area contributed by atoms with E-state index in [4.69, 9.17) is 5.11 Å². The molecule has 3 aromatic rings. The molecule has 2 N–H and O–H groups in total. The number of nitrogens with zero attached hydrogens (tertiary/aromatic N) is 2. The number of amides is 1. The van der Waals surface area contributed by atoms with Gasteiger partial charge in [0.25, 0.3) is 5.56 Å². The van der Waals surface area contributed by atoms with E-state index < -0.39 is 5.97 Å². The summed E-state index contributed by atoms with van der Waals surface area (Å²) in [5, 5.41) is 12.4. The Morgan fingerprint density at radius 1 is 1.03 bits per heavy atom. The van der Waals surface area contributed by atoms with Crippen LogP contribution < -0.4 is 10.9 Å². The summed E-state index contributed by atoms with van der Waals surface area (Å²) >= 11 is 0.